The van der Waals surface area contributed by atoms with E-state index in [9.17, 15) is 0 Å². The molecule has 0 spiro atoms. The first-order chi connectivity index (χ1) is 9.35. The number of benzene rings is 1. The first-order valence-corrected chi connectivity index (χ1v) is 6.74. The molecule has 0 aliphatic carbocycles. The molecule has 92 valence electrons. The Bertz CT molecular complexity index is 719. The second-order valence-corrected chi connectivity index (χ2v) is 5.24. The topological polar surface area (TPSA) is 41.6 Å². The smallest absolute Gasteiger partial charge is 0.110 e. The molecule has 4 heteroatoms. The second kappa shape index (κ2) is 5.09. The monoisotopic (exact) mass is 265 g/mol. The van der Waals surface area contributed by atoms with E-state index in [4.69, 9.17) is 5.26 Å². The Kier molecular flexibility index (Phi) is 3.13. The van der Waals surface area contributed by atoms with Crippen molar-refractivity contribution >= 4 is 11.3 Å². The van der Waals surface area contributed by atoms with Crippen LogP contribution in [0.5, 0.6) is 0 Å². The lowest BCUT2D eigenvalue weighted by atomic mass is 10.2. The fourth-order valence-electron chi connectivity index (χ4n) is 1.89. The maximum atomic E-state index is 8.83. The van der Waals surface area contributed by atoms with Crippen molar-refractivity contribution in [3.8, 4) is 16.6 Å². The van der Waals surface area contributed by atoms with Gasteiger partial charge in [-0.1, -0.05) is 30.3 Å². The predicted octanol–water partition coefficient (Wildman–Crippen LogP) is 3.53. The molecule has 3 nitrogen and oxygen atoms in total. The van der Waals surface area contributed by atoms with E-state index in [1.54, 1.807) is 0 Å². The van der Waals surface area contributed by atoms with Crippen LogP contribution in [0.25, 0.3) is 10.6 Å². The summed E-state index contributed by atoms with van der Waals surface area (Å²) in [7, 11) is 0. The highest BCUT2D eigenvalue weighted by Crippen LogP contribution is 2.26. The van der Waals surface area contributed by atoms with Crippen LogP contribution in [0, 0.1) is 11.3 Å². The highest BCUT2D eigenvalue weighted by molar-refractivity contribution is 7.15. The summed E-state index contributed by atoms with van der Waals surface area (Å²) in [5.41, 5.74) is 2.14. The van der Waals surface area contributed by atoms with E-state index in [-0.39, 0.29) is 0 Å². The molecular weight excluding hydrogens is 254 g/mol. The number of rotatable bonds is 3. The molecule has 0 aliphatic rings. The molecule has 0 bridgehead atoms. The summed E-state index contributed by atoms with van der Waals surface area (Å²) >= 11 is 1.47. The lowest BCUT2D eigenvalue weighted by Crippen LogP contribution is -1.99. The molecule has 19 heavy (non-hydrogen) atoms. The van der Waals surface area contributed by atoms with Gasteiger partial charge in [0.05, 0.1) is 11.4 Å². The molecule has 0 saturated carbocycles. The molecule has 0 radical (unpaired) electrons. The average molecular weight is 265 g/mol. The van der Waals surface area contributed by atoms with Crippen molar-refractivity contribution in [2.45, 2.75) is 6.54 Å². The minimum Gasteiger partial charge on any atom is -0.268 e. The van der Waals surface area contributed by atoms with Gasteiger partial charge in [0.25, 0.3) is 0 Å². The number of nitrogens with zero attached hydrogens (tertiary/aromatic N) is 3. The Balaban J connectivity index is 1.82. The Morgan fingerprint density at radius 1 is 1.11 bits per heavy atom. The molecule has 0 N–H and O–H groups in total. The molecule has 1 aromatic carbocycles. The number of thiophene rings is 1. The van der Waals surface area contributed by atoms with Gasteiger partial charge < -0.3 is 0 Å². The van der Waals surface area contributed by atoms with Crippen LogP contribution in [0.1, 0.15) is 10.4 Å². The molecule has 0 fully saturated rings. The van der Waals surface area contributed by atoms with Crippen molar-refractivity contribution in [1.82, 2.24) is 9.78 Å². The van der Waals surface area contributed by atoms with Gasteiger partial charge in [0.2, 0.25) is 0 Å². The van der Waals surface area contributed by atoms with Crippen LogP contribution in [0.3, 0.4) is 0 Å². The maximum Gasteiger partial charge on any atom is 0.110 e. The lowest BCUT2D eigenvalue weighted by Gasteiger charge is -2.00. The Hall–Kier alpha value is -2.38. The third-order valence-electron chi connectivity index (χ3n) is 2.80. The molecule has 2 aromatic heterocycles. The van der Waals surface area contributed by atoms with Crippen molar-refractivity contribution in [3.63, 3.8) is 0 Å². The van der Waals surface area contributed by atoms with Crippen LogP contribution >= 0.6 is 11.3 Å². The van der Waals surface area contributed by atoms with Gasteiger partial charge >= 0.3 is 0 Å². The summed E-state index contributed by atoms with van der Waals surface area (Å²) in [6.45, 7) is 0.761. The van der Waals surface area contributed by atoms with Crippen LogP contribution in [-0.2, 0) is 6.54 Å². The van der Waals surface area contributed by atoms with Crippen LogP contribution < -0.4 is 0 Å². The first kappa shape index (κ1) is 11.7. The molecule has 2 heterocycles. The summed E-state index contributed by atoms with van der Waals surface area (Å²) in [5, 5.41) is 13.4. The van der Waals surface area contributed by atoms with Crippen molar-refractivity contribution in [1.29, 1.82) is 5.26 Å². The van der Waals surface area contributed by atoms with Gasteiger partial charge in [0, 0.05) is 6.20 Å². The van der Waals surface area contributed by atoms with E-state index in [1.807, 2.05) is 47.3 Å². The lowest BCUT2D eigenvalue weighted by molar-refractivity contribution is 0.689. The van der Waals surface area contributed by atoms with Crippen LogP contribution in [-0.4, -0.2) is 9.78 Å². The van der Waals surface area contributed by atoms with Crippen LogP contribution in [0.4, 0.5) is 0 Å². The highest BCUT2D eigenvalue weighted by atomic mass is 32.1. The van der Waals surface area contributed by atoms with E-state index >= 15 is 0 Å². The van der Waals surface area contributed by atoms with Crippen LogP contribution in [0.15, 0.2) is 54.7 Å². The van der Waals surface area contributed by atoms with Gasteiger partial charge in [-0.05, 0) is 23.8 Å². The normalized spacial score (nSPS) is 10.3. The molecule has 0 amide bonds. The van der Waals surface area contributed by atoms with E-state index in [1.165, 1.54) is 16.9 Å². The summed E-state index contributed by atoms with van der Waals surface area (Å²) in [4.78, 5) is 1.75. The second-order valence-electron chi connectivity index (χ2n) is 4.16. The largest absolute Gasteiger partial charge is 0.268 e. The van der Waals surface area contributed by atoms with E-state index in [0.717, 1.165) is 17.1 Å². The molecule has 0 aliphatic heterocycles. The maximum absolute atomic E-state index is 8.83. The van der Waals surface area contributed by atoms with Gasteiger partial charge in [0.1, 0.15) is 16.6 Å². The quantitative estimate of drug-likeness (QED) is 0.727. The molecule has 0 saturated heterocycles. The average Bonchev–Trinajstić information content (AvgIpc) is 3.08. The molecular formula is C15H11N3S. The van der Waals surface area contributed by atoms with Gasteiger partial charge in [-0.2, -0.15) is 10.4 Å². The Morgan fingerprint density at radius 2 is 1.95 bits per heavy atom. The van der Waals surface area contributed by atoms with Crippen molar-refractivity contribution in [3.05, 3.63) is 65.2 Å². The van der Waals surface area contributed by atoms with Gasteiger partial charge in [-0.3, -0.25) is 4.68 Å². The predicted molar refractivity (Wildman–Crippen MR) is 75.8 cm³/mol. The minimum absolute atomic E-state index is 0.715. The zero-order chi connectivity index (χ0) is 13.1. The Labute approximate surface area is 115 Å². The SMILES string of the molecule is N#Cc1ccc(-c2ccn(Cc3ccccc3)n2)s1. The van der Waals surface area contributed by atoms with Crippen molar-refractivity contribution in [2.24, 2.45) is 0 Å². The number of hydrogen-bond acceptors (Lipinski definition) is 3. The Morgan fingerprint density at radius 3 is 2.68 bits per heavy atom. The fraction of sp³-hybridized carbons (Fsp3) is 0.0667. The standard InChI is InChI=1S/C15H11N3S/c16-10-13-6-7-15(19-13)14-8-9-18(17-14)11-12-4-2-1-3-5-12/h1-9H,11H2. The van der Waals surface area contributed by atoms with Crippen molar-refractivity contribution < 1.29 is 0 Å². The van der Waals surface area contributed by atoms with E-state index in [2.05, 4.69) is 23.3 Å². The van der Waals surface area contributed by atoms with Crippen molar-refractivity contribution in [2.75, 3.05) is 0 Å². The zero-order valence-corrected chi connectivity index (χ0v) is 11.0. The van der Waals surface area contributed by atoms with Crippen LogP contribution in [0.2, 0.25) is 0 Å². The van der Waals surface area contributed by atoms with Gasteiger partial charge in [-0.25, -0.2) is 0 Å². The summed E-state index contributed by atoms with van der Waals surface area (Å²) in [5.74, 6) is 0. The van der Waals surface area contributed by atoms with E-state index < -0.39 is 0 Å². The third-order valence-corrected chi connectivity index (χ3v) is 3.81. The van der Waals surface area contributed by atoms with Gasteiger partial charge in [-0.15, -0.1) is 11.3 Å². The molecule has 3 rings (SSSR count). The highest BCUT2D eigenvalue weighted by Gasteiger charge is 2.06. The van der Waals surface area contributed by atoms with E-state index in [0.29, 0.717) is 4.88 Å². The number of nitriles is 1. The molecule has 3 aromatic rings. The van der Waals surface area contributed by atoms with Gasteiger partial charge in [0.15, 0.2) is 0 Å². The molecule has 0 atom stereocenters. The number of hydrogen-bond donors (Lipinski definition) is 0. The summed E-state index contributed by atoms with van der Waals surface area (Å²) in [6, 6.07) is 18.1. The molecule has 0 unspecified atom stereocenters. The number of aromatic nitrogens is 2. The first-order valence-electron chi connectivity index (χ1n) is 5.93. The summed E-state index contributed by atoms with van der Waals surface area (Å²) < 4.78 is 1.91. The third kappa shape index (κ3) is 2.56. The fourth-order valence-corrected chi connectivity index (χ4v) is 2.66. The summed E-state index contributed by atoms with van der Waals surface area (Å²) in [6.07, 6.45) is 1.97. The zero-order valence-electron chi connectivity index (χ0n) is 10.2. The minimum atomic E-state index is 0.715.